The zero-order chi connectivity index (χ0) is 25.7. The first-order valence-corrected chi connectivity index (χ1v) is 17.1. The molecule has 0 saturated heterocycles. The lowest BCUT2D eigenvalue weighted by atomic mass is 10.0. The van der Waals surface area contributed by atoms with E-state index < -0.39 is 0 Å². The van der Waals surface area contributed by atoms with E-state index in [4.69, 9.17) is 0 Å². The average Bonchev–Trinajstić information content (AvgIpc) is 2.89. The van der Waals surface area contributed by atoms with E-state index in [1.165, 1.54) is 198 Å². The van der Waals surface area contributed by atoms with Crippen molar-refractivity contribution >= 4 is 0 Å². The first kappa shape index (κ1) is 35.0. The molecule has 35 heavy (non-hydrogen) atoms. The van der Waals surface area contributed by atoms with E-state index in [2.05, 4.69) is 27.7 Å². The van der Waals surface area contributed by atoms with Crippen LogP contribution in [0.1, 0.15) is 195 Å². The Balaban J connectivity index is 3.14. The van der Waals surface area contributed by atoms with Gasteiger partial charge in [-0.2, -0.15) is 0 Å². The third-order valence-electron chi connectivity index (χ3n) is 9.00. The van der Waals surface area contributed by atoms with Crippen molar-refractivity contribution in [1.82, 2.24) is 0 Å². The largest absolute Gasteiger partial charge is 0.324 e. The van der Waals surface area contributed by atoms with Gasteiger partial charge in [0.25, 0.3) is 0 Å². The van der Waals surface area contributed by atoms with Crippen LogP contribution < -0.4 is 0 Å². The van der Waals surface area contributed by atoms with Crippen molar-refractivity contribution in [2.24, 2.45) is 0 Å². The predicted molar refractivity (Wildman–Crippen MR) is 162 cm³/mol. The highest BCUT2D eigenvalue weighted by Crippen LogP contribution is 2.16. The number of hydrogen-bond acceptors (Lipinski definition) is 0. The summed E-state index contributed by atoms with van der Waals surface area (Å²) in [6.45, 7) is 14.8. The summed E-state index contributed by atoms with van der Waals surface area (Å²) in [5, 5.41) is 0. The molecule has 0 aliphatic rings. The third-order valence-corrected chi connectivity index (χ3v) is 9.00. The van der Waals surface area contributed by atoms with Crippen molar-refractivity contribution in [3.8, 4) is 0 Å². The molecule has 212 valence electrons. The van der Waals surface area contributed by atoms with Gasteiger partial charge in [0.15, 0.2) is 0 Å². The van der Waals surface area contributed by atoms with E-state index in [-0.39, 0.29) is 0 Å². The van der Waals surface area contributed by atoms with Crippen molar-refractivity contribution in [2.75, 3.05) is 26.2 Å². The molecule has 0 aliphatic carbocycles. The predicted octanol–water partition coefficient (Wildman–Crippen LogP) is 12.0. The van der Waals surface area contributed by atoms with Crippen LogP contribution in [0.25, 0.3) is 0 Å². The molecule has 1 nitrogen and oxygen atoms in total. The molecule has 0 N–H and O–H groups in total. The summed E-state index contributed by atoms with van der Waals surface area (Å²) in [6, 6.07) is 0. The minimum atomic E-state index is 1.31. The number of nitrogens with zero attached hydrogens (tertiary/aromatic N) is 1. The lowest BCUT2D eigenvalue weighted by Gasteiger charge is -2.35. The Morgan fingerprint density at radius 3 is 0.657 bits per heavy atom. The first-order valence-electron chi connectivity index (χ1n) is 17.1. The van der Waals surface area contributed by atoms with Crippen LogP contribution in [0, 0.1) is 0 Å². The van der Waals surface area contributed by atoms with Crippen LogP contribution in [-0.4, -0.2) is 30.7 Å². The fourth-order valence-corrected chi connectivity index (χ4v) is 5.91. The van der Waals surface area contributed by atoms with Crippen molar-refractivity contribution < 1.29 is 4.48 Å². The summed E-state index contributed by atoms with van der Waals surface area (Å²) in [5.74, 6) is 0. The van der Waals surface area contributed by atoms with Crippen LogP contribution in [0.4, 0.5) is 0 Å². The highest BCUT2D eigenvalue weighted by atomic mass is 15.3. The Labute approximate surface area is 225 Å². The quantitative estimate of drug-likeness (QED) is 0.0687. The summed E-state index contributed by atoms with van der Waals surface area (Å²) >= 11 is 0. The number of rotatable bonds is 30. The molecular weight excluding hydrogens is 422 g/mol. The smallest absolute Gasteiger partial charge is 0.0786 e. The van der Waals surface area contributed by atoms with Crippen LogP contribution >= 0.6 is 0 Å². The van der Waals surface area contributed by atoms with E-state index >= 15 is 0 Å². The van der Waals surface area contributed by atoms with Gasteiger partial charge < -0.3 is 4.48 Å². The van der Waals surface area contributed by atoms with Crippen molar-refractivity contribution in [1.29, 1.82) is 0 Å². The van der Waals surface area contributed by atoms with Gasteiger partial charge in [-0.15, -0.1) is 0 Å². The van der Waals surface area contributed by atoms with E-state index in [0.717, 1.165) is 0 Å². The summed E-state index contributed by atoms with van der Waals surface area (Å²) in [6.07, 6.45) is 38.4. The highest BCUT2D eigenvalue weighted by Gasteiger charge is 2.19. The SMILES string of the molecule is CCCCCCCCCCCCCCCCCCCCCCCCCCCC[N+](CC)(CC)CC. The Kier molecular flexibility index (Phi) is 28.5. The first-order chi connectivity index (χ1) is 17.2. The molecule has 0 aromatic carbocycles. The van der Waals surface area contributed by atoms with E-state index in [1.807, 2.05) is 0 Å². The van der Waals surface area contributed by atoms with Gasteiger partial charge in [0.05, 0.1) is 26.2 Å². The monoisotopic (exact) mass is 495 g/mol. The van der Waals surface area contributed by atoms with Gasteiger partial charge in [0.1, 0.15) is 0 Å². The second-order valence-electron chi connectivity index (χ2n) is 11.9. The van der Waals surface area contributed by atoms with E-state index in [0.29, 0.717) is 0 Å². The minimum absolute atomic E-state index is 1.31. The zero-order valence-corrected chi connectivity index (χ0v) is 25.7. The van der Waals surface area contributed by atoms with E-state index in [9.17, 15) is 0 Å². The fourth-order valence-electron chi connectivity index (χ4n) is 5.91. The molecule has 0 amide bonds. The van der Waals surface area contributed by atoms with Crippen molar-refractivity contribution in [3.63, 3.8) is 0 Å². The molecule has 0 heterocycles. The van der Waals surface area contributed by atoms with Crippen LogP contribution in [-0.2, 0) is 0 Å². The molecule has 0 fully saturated rings. The summed E-state index contributed by atoms with van der Waals surface area (Å²) in [5.41, 5.74) is 0. The minimum Gasteiger partial charge on any atom is -0.324 e. The van der Waals surface area contributed by atoms with Gasteiger partial charge in [-0.1, -0.05) is 161 Å². The molecule has 0 saturated carbocycles. The number of quaternary nitrogens is 1. The molecule has 1 heteroatoms. The molecule has 0 aliphatic heterocycles. The maximum Gasteiger partial charge on any atom is 0.0786 e. The lowest BCUT2D eigenvalue weighted by molar-refractivity contribution is -0.923. The Hall–Kier alpha value is -0.0400. The maximum absolute atomic E-state index is 2.37. The lowest BCUT2D eigenvalue weighted by Crippen LogP contribution is -2.48. The van der Waals surface area contributed by atoms with Crippen LogP contribution in [0.5, 0.6) is 0 Å². The van der Waals surface area contributed by atoms with Gasteiger partial charge in [0.2, 0.25) is 0 Å². The molecule has 0 aromatic rings. The normalized spacial score (nSPS) is 12.0. The molecule has 0 unspecified atom stereocenters. The van der Waals surface area contributed by atoms with Gasteiger partial charge in [-0.25, -0.2) is 0 Å². The van der Waals surface area contributed by atoms with Gasteiger partial charge in [0, 0.05) is 0 Å². The fraction of sp³-hybridized carbons (Fsp3) is 1.00. The summed E-state index contributed by atoms with van der Waals surface area (Å²) in [4.78, 5) is 0. The topological polar surface area (TPSA) is 0 Å². The van der Waals surface area contributed by atoms with Crippen molar-refractivity contribution in [2.45, 2.75) is 195 Å². The van der Waals surface area contributed by atoms with E-state index in [1.54, 1.807) is 0 Å². The second kappa shape index (κ2) is 28.5. The average molecular weight is 495 g/mol. The zero-order valence-electron chi connectivity index (χ0n) is 25.7. The maximum atomic E-state index is 2.37. The van der Waals surface area contributed by atoms with Gasteiger partial charge in [-0.3, -0.25) is 0 Å². The van der Waals surface area contributed by atoms with Crippen LogP contribution in [0.15, 0.2) is 0 Å². The van der Waals surface area contributed by atoms with Crippen molar-refractivity contribution in [3.05, 3.63) is 0 Å². The molecule has 0 rings (SSSR count). The molecule has 0 bridgehead atoms. The molecule has 0 aromatic heterocycles. The Morgan fingerprint density at radius 1 is 0.257 bits per heavy atom. The third kappa shape index (κ3) is 24.1. The summed E-state index contributed by atoms with van der Waals surface area (Å²) in [7, 11) is 0. The molecule has 0 radical (unpaired) electrons. The second-order valence-corrected chi connectivity index (χ2v) is 11.9. The van der Waals surface area contributed by atoms with Gasteiger partial charge in [-0.05, 0) is 33.6 Å². The van der Waals surface area contributed by atoms with Crippen LogP contribution in [0.2, 0.25) is 0 Å². The summed E-state index contributed by atoms with van der Waals surface area (Å²) < 4.78 is 1.33. The Bertz CT molecular complexity index is 365. The number of unbranched alkanes of at least 4 members (excludes halogenated alkanes) is 25. The standard InChI is InChI=1S/C34H72N/c1-5-9-10-11-12-13-14-15-16-17-18-19-20-21-22-23-24-25-26-27-28-29-30-31-32-33-34-35(6-2,7-3)8-4/h5-34H2,1-4H3/q+1. The van der Waals surface area contributed by atoms with Crippen LogP contribution in [0.3, 0.4) is 0 Å². The molecule has 0 spiro atoms. The van der Waals surface area contributed by atoms with Gasteiger partial charge >= 0.3 is 0 Å². The molecular formula is C34H72N+. The highest BCUT2D eigenvalue weighted by molar-refractivity contribution is 4.52. The molecule has 0 atom stereocenters. The Morgan fingerprint density at radius 2 is 0.457 bits per heavy atom. The number of hydrogen-bond donors (Lipinski definition) is 0.